The van der Waals surface area contributed by atoms with Crippen LogP contribution in [0.15, 0.2) is 43.0 Å². The van der Waals surface area contributed by atoms with Gasteiger partial charge in [-0.3, -0.25) is 0 Å². The molecule has 3 rings (SSSR count). The maximum absolute atomic E-state index is 12.5. The van der Waals surface area contributed by atoms with E-state index in [4.69, 9.17) is 4.74 Å². The Hall–Kier alpha value is -2.50. The molecular weight excluding hydrogens is 316 g/mol. The van der Waals surface area contributed by atoms with Gasteiger partial charge in [0.05, 0.1) is 19.0 Å². The van der Waals surface area contributed by atoms with Crippen LogP contribution in [0, 0.1) is 0 Å². The number of hydrogen-bond acceptors (Lipinski definition) is 3. The van der Waals surface area contributed by atoms with Gasteiger partial charge in [-0.05, 0) is 43.9 Å². The number of benzene rings is 1. The first-order chi connectivity index (χ1) is 12.3. The lowest BCUT2D eigenvalue weighted by molar-refractivity contribution is 0.192. The van der Waals surface area contributed by atoms with E-state index in [-0.39, 0.29) is 12.1 Å². The normalized spacial score (nSPS) is 16.8. The zero-order valence-electron chi connectivity index (χ0n) is 14.7. The predicted molar refractivity (Wildman–Crippen MR) is 96.5 cm³/mol. The Morgan fingerprint density at radius 2 is 2.20 bits per heavy atom. The number of likely N-dealkylation sites (tertiary alicyclic amines) is 1. The third kappa shape index (κ3) is 4.53. The van der Waals surface area contributed by atoms with Crippen molar-refractivity contribution in [1.82, 2.24) is 19.8 Å². The largest absolute Gasteiger partial charge is 0.494 e. The Morgan fingerprint density at radius 3 is 2.92 bits per heavy atom. The van der Waals surface area contributed by atoms with Crippen LogP contribution in [-0.4, -0.2) is 40.2 Å². The molecule has 6 heteroatoms. The molecule has 2 heterocycles. The van der Waals surface area contributed by atoms with E-state index >= 15 is 0 Å². The van der Waals surface area contributed by atoms with Crippen LogP contribution in [0.5, 0.6) is 5.75 Å². The maximum atomic E-state index is 12.5. The molecule has 1 aliphatic rings. The van der Waals surface area contributed by atoms with Gasteiger partial charge in [0.15, 0.2) is 0 Å². The molecule has 0 bridgehead atoms. The number of carbonyl (C=O) groups excluding carboxylic acids is 1. The van der Waals surface area contributed by atoms with Crippen molar-refractivity contribution in [3.8, 4) is 5.75 Å². The molecule has 134 valence electrons. The number of amides is 2. The number of nitrogens with one attached hydrogen (secondary N) is 1. The lowest BCUT2D eigenvalue weighted by Crippen LogP contribution is -2.40. The molecule has 1 atom stereocenters. The summed E-state index contributed by atoms with van der Waals surface area (Å²) in [6, 6.07) is 8.29. The molecular formula is C19H26N4O2. The van der Waals surface area contributed by atoms with Gasteiger partial charge in [0.25, 0.3) is 0 Å². The van der Waals surface area contributed by atoms with Crippen molar-refractivity contribution in [2.24, 2.45) is 0 Å². The highest BCUT2D eigenvalue weighted by Crippen LogP contribution is 2.32. The summed E-state index contributed by atoms with van der Waals surface area (Å²) in [6.07, 6.45) is 8.44. The Kier molecular flexibility index (Phi) is 5.93. The van der Waals surface area contributed by atoms with Crippen molar-refractivity contribution in [1.29, 1.82) is 0 Å². The number of nitrogens with zero attached hydrogens (tertiary/aromatic N) is 3. The van der Waals surface area contributed by atoms with Crippen LogP contribution in [0.1, 0.15) is 37.8 Å². The number of ether oxygens (including phenoxy) is 1. The first-order valence-corrected chi connectivity index (χ1v) is 9.01. The molecule has 0 saturated carbocycles. The molecule has 0 radical (unpaired) electrons. The van der Waals surface area contributed by atoms with E-state index in [0.717, 1.165) is 38.1 Å². The summed E-state index contributed by atoms with van der Waals surface area (Å²) in [5.74, 6) is 0.875. The molecule has 1 saturated heterocycles. The molecule has 1 fully saturated rings. The molecule has 25 heavy (non-hydrogen) atoms. The highest BCUT2D eigenvalue weighted by Gasteiger charge is 2.29. The second-order valence-electron chi connectivity index (χ2n) is 6.24. The van der Waals surface area contributed by atoms with Crippen LogP contribution in [0.4, 0.5) is 4.79 Å². The van der Waals surface area contributed by atoms with Crippen LogP contribution >= 0.6 is 0 Å². The molecule has 2 aromatic rings. The SMILES string of the molecule is CCOc1ccc([C@@H]2CCCN2C(=O)NCCCn2ccnc2)cc1. The van der Waals surface area contributed by atoms with Crippen molar-refractivity contribution in [2.45, 2.75) is 38.8 Å². The standard InChI is InChI=1S/C19H26N4O2/c1-2-25-17-8-6-16(7-9-17)18-5-3-13-23(18)19(24)21-10-4-12-22-14-11-20-15-22/h6-9,11,14-15,18H,2-5,10,12-13H2,1H3,(H,21,24)/t18-/m0/s1. The Labute approximate surface area is 148 Å². The van der Waals surface area contributed by atoms with Gasteiger partial charge in [-0.2, -0.15) is 0 Å². The zero-order chi connectivity index (χ0) is 17.5. The summed E-state index contributed by atoms with van der Waals surface area (Å²) in [7, 11) is 0. The third-order valence-electron chi connectivity index (χ3n) is 4.52. The van der Waals surface area contributed by atoms with Gasteiger partial charge >= 0.3 is 6.03 Å². The fourth-order valence-electron chi connectivity index (χ4n) is 3.29. The first-order valence-electron chi connectivity index (χ1n) is 9.01. The molecule has 1 aromatic heterocycles. The van der Waals surface area contributed by atoms with Crippen LogP contribution in [-0.2, 0) is 6.54 Å². The molecule has 6 nitrogen and oxygen atoms in total. The lowest BCUT2D eigenvalue weighted by Gasteiger charge is -2.25. The number of urea groups is 1. The van der Waals surface area contributed by atoms with E-state index in [2.05, 4.69) is 22.4 Å². The Bertz CT molecular complexity index is 655. The first kappa shape index (κ1) is 17.3. The van der Waals surface area contributed by atoms with Crippen LogP contribution < -0.4 is 10.1 Å². The average Bonchev–Trinajstić information content (AvgIpc) is 3.31. The number of aryl methyl sites for hydroxylation is 1. The molecule has 0 unspecified atom stereocenters. The third-order valence-corrected chi connectivity index (χ3v) is 4.52. The van der Waals surface area contributed by atoms with E-state index in [1.807, 2.05) is 34.7 Å². The summed E-state index contributed by atoms with van der Waals surface area (Å²) in [5, 5.41) is 3.05. The van der Waals surface area contributed by atoms with Gasteiger partial charge in [0, 0.05) is 32.0 Å². The monoisotopic (exact) mass is 342 g/mol. The topological polar surface area (TPSA) is 59.4 Å². The zero-order valence-corrected chi connectivity index (χ0v) is 14.7. The molecule has 0 aliphatic carbocycles. The summed E-state index contributed by atoms with van der Waals surface area (Å²) < 4.78 is 7.51. The summed E-state index contributed by atoms with van der Waals surface area (Å²) in [5.41, 5.74) is 1.18. The van der Waals surface area contributed by atoms with Gasteiger partial charge in [0.1, 0.15) is 5.75 Å². The average molecular weight is 342 g/mol. The predicted octanol–water partition coefficient (Wildman–Crippen LogP) is 3.22. The summed E-state index contributed by atoms with van der Waals surface area (Å²) in [4.78, 5) is 18.5. The van der Waals surface area contributed by atoms with Gasteiger partial charge in [0.2, 0.25) is 0 Å². The Balaban J connectivity index is 1.50. The highest BCUT2D eigenvalue weighted by atomic mass is 16.5. The Morgan fingerprint density at radius 1 is 1.36 bits per heavy atom. The molecule has 2 amide bonds. The van der Waals surface area contributed by atoms with Crippen molar-refractivity contribution in [3.63, 3.8) is 0 Å². The molecule has 1 aliphatic heterocycles. The van der Waals surface area contributed by atoms with E-state index in [0.29, 0.717) is 13.2 Å². The molecule has 0 spiro atoms. The van der Waals surface area contributed by atoms with E-state index in [1.165, 1.54) is 5.56 Å². The van der Waals surface area contributed by atoms with E-state index in [1.54, 1.807) is 12.5 Å². The van der Waals surface area contributed by atoms with Gasteiger partial charge in [-0.25, -0.2) is 9.78 Å². The van der Waals surface area contributed by atoms with Crippen molar-refractivity contribution in [2.75, 3.05) is 19.7 Å². The van der Waals surface area contributed by atoms with E-state index in [9.17, 15) is 4.79 Å². The van der Waals surface area contributed by atoms with Crippen molar-refractivity contribution < 1.29 is 9.53 Å². The quantitative estimate of drug-likeness (QED) is 0.786. The minimum atomic E-state index is 0.0296. The summed E-state index contributed by atoms with van der Waals surface area (Å²) in [6.45, 7) is 4.98. The minimum Gasteiger partial charge on any atom is -0.494 e. The van der Waals surface area contributed by atoms with Crippen LogP contribution in [0.3, 0.4) is 0 Å². The second kappa shape index (κ2) is 8.55. The maximum Gasteiger partial charge on any atom is 0.317 e. The second-order valence-corrected chi connectivity index (χ2v) is 6.24. The van der Waals surface area contributed by atoms with E-state index < -0.39 is 0 Å². The number of aromatic nitrogens is 2. The minimum absolute atomic E-state index is 0.0296. The molecule has 1 aromatic carbocycles. The van der Waals surface area contributed by atoms with Crippen molar-refractivity contribution >= 4 is 6.03 Å². The fourth-order valence-corrected chi connectivity index (χ4v) is 3.29. The number of rotatable bonds is 7. The number of imidazole rings is 1. The van der Waals surface area contributed by atoms with Gasteiger partial charge in [-0.1, -0.05) is 12.1 Å². The van der Waals surface area contributed by atoms with Gasteiger partial charge < -0.3 is 19.5 Å². The lowest BCUT2D eigenvalue weighted by atomic mass is 10.0. The smallest absolute Gasteiger partial charge is 0.317 e. The number of carbonyl (C=O) groups is 1. The van der Waals surface area contributed by atoms with Crippen LogP contribution in [0.25, 0.3) is 0 Å². The number of hydrogen-bond donors (Lipinski definition) is 1. The van der Waals surface area contributed by atoms with Crippen molar-refractivity contribution in [3.05, 3.63) is 48.5 Å². The fraction of sp³-hybridized carbons (Fsp3) is 0.474. The molecule has 1 N–H and O–H groups in total. The van der Waals surface area contributed by atoms with Crippen LogP contribution in [0.2, 0.25) is 0 Å². The van der Waals surface area contributed by atoms with Gasteiger partial charge in [-0.15, -0.1) is 0 Å². The highest BCUT2D eigenvalue weighted by molar-refractivity contribution is 5.75. The summed E-state index contributed by atoms with van der Waals surface area (Å²) >= 11 is 0.